The second-order valence-electron chi connectivity index (χ2n) is 14.8. The summed E-state index contributed by atoms with van der Waals surface area (Å²) in [6, 6.07) is 79.3. The lowest BCUT2D eigenvalue weighted by molar-refractivity contribution is 0.671. The highest BCUT2D eigenvalue weighted by molar-refractivity contribution is 6.15. The van der Waals surface area contributed by atoms with Crippen molar-refractivity contribution in [3.63, 3.8) is 0 Å². The molecule has 262 valence electrons. The number of hydrogen-bond acceptors (Lipinski definition) is 1. The first kappa shape index (κ1) is 32.2. The Morgan fingerprint density at radius 1 is 0.268 bits per heavy atom. The highest BCUT2D eigenvalue weighted by Gasteiger charge is 2.45. The molecule has 0 fully saturated rings. The third-order valence-corrected chi connectivity index (χ3v) is 11.7. The van der Waals surface area contributed by atoms with Gasteiger partial charge in [-0.1, -0.05) is 188 Å². The Hall–Kier alpha value is -7.22. The molecule has 1 nitrogen and oxygen atoms in total. The van der Waals surface area contributed by atoms with Gasteiger partial charge in [0.2, 0.25) is 0 Å². The average molecular weight is 713 g/mol. The summed E-state index contributed by atoms with van der Waals surface area (Å²) in [5, 5.41) is 2.21. The Kier molecular flexibility index (Phi) is 7.47. The van der Waals surface area contributed by atoms with E-state index in [4.69, 9.17) is 4.42 Å². The quantitative estimate of drug-likeness (QED) is 0.167. The molecule has 0 bridgehead atoms. The molecule has 0 aliphatic heterocycles. The SMILES string of the molecule is c1ccc(-c2cc(-c3ccccc3)c3oc4c(-c5cccc(C6(c7ccccc7)c7ccccc7-c7ccccc76)c5)cc(-c5ccccc5)cc4c3c2)cc1. The molecule has 1 heterocycles. The van der Waals surface area contributed by atoms with Gasteiger partial charge >= 0.3 is 0 Å². The molecule has 56 heavy (non-hydrogen) atoms. The summed E-state index contributed by atoms with van der Waals surface area (Å²) >= 11 is 0. The molecule has 1 aromatic heterocycles. The van der Waals surface area contributed by atoms with Crippen molar-refractivity contribution >= 4 is 21.9 Å². The molecular weight excluding hydrogens is 677 g/mol. The fourth-order valence-electron chi connectivity index (χ4n) is 9.25. The number of benzene rings is 9. The Labute approximate surface area is 326 Å². The van der Waals surface area contributed by atoms with Crippen molar-refractivity contribution in [1.29, 1.82) is 0 Å². The average Bonchev–Trinajstić information content (AvgIpc) is 3.81. The predicted octanol–water partition coefficient (Wildman–Crippen LogP) is 14.6. The molecule has 0 unspecified atom stereocenters. The van der Waals surface area contributed by atoms with Crippen molar-refractivity contribution in [2.24, 2.45) is 0 Å². The van der Waals surface area contributed by atoms with Crippen molar-refractivity contribution in [2.45, 2.75) is 5.41 Å². The number of rotatable bonds is 6. The number of furan rings is 1. The van der Waals surface area contributed by atoms with Crippen LogP contribution >= 0.6 is 0 Å². The highest BCUT2D eigenvalue weighted by atomic mass is 16.3. The maximum atomic E-state index is 7.19. The molecule has 0 saturated carbocycles. The number of hydrogen-bond donors (Lipinski definition) is 0. The maximum absolute atomic E-state index is 7.19. The number of fused-ring (bicyclic) bond motifs is 6. The molecule has 9 aromatic carbocycles. The molecular formula is C55H36O. The minimum absolute atomic E-state index is 0.500. The van der Waals surface area contributed by atoms with Gasteiger partial charge in [-0.3, -0.25) is 0 Å². The monoisotopic (exact) mass is 712 g/mol. The van der Waals surface area contributed by atoms with Gasteiger partial charge in [0, 0.05) is 21.9 Å². The van der Waals surface area contributed by atoms with Gasteiger partial charge in [-0.2, -0.15) is 0 Å². The Morgan fingerprint density at radius 3 is 1.21 bits per heavy atom. The Morgan fingerprint density at radius 2 is 0.679 bits per heavy atom. The van der Waals surface area contributed by atoms with E-state index in [9.17, 15) is 0 Å². The molecule has 1 heteroatoms. The molecule has 10 aromatic rings. The zero-order valence-electron chi connectivity index (χ0n) is 30.7. The molecule has 0 saturated heterocycles. The second-order valence-corrected chi connectivity index (χ2v) is 14.8. The summed E-state index contributed by atoms with van der Waals surface area (Å²) < 4.78 is 7.19. The van der Waals surface area contributed by atoms with E-state index < -0.39 is 5.41 Å². The summed E-state index contributed by atoms with van der Waals surface area (Å²) in [6.45, 7) is 0. The first-order chi connectivity index (χ1) is 27.8. The summed E-state index contributed by atoms with van der Waals surface area (Å²) in [5.74, 6) is 0. The molecule has 1 aliphatic carbocycles. The van der Waals surface area contributed by atoms with Crippen LogP contribution in [0.5, 0.6) is 0 Å². The van der Waals surface area contributed by atoms with Crippen molar-refractivity contribution in [3.8, 4) is 55.6 Å². The van der Waals surface area contributed by atoms with Crippen LogP contribution in [0.4, 0.5) is 0 Å². The molecule has 0 atom stereocenters. The first-order valence-corrected chi connectivity index (χ1v) is 19.3. The highest BCUT2D eigenvalue weighted by Crippen LogP contribution is 2.56. The Balaban J connectivity index is 1.22. The fourth-order valence-corrected chi connectivity index (χ4v) is 9.25. The minimum atomic E-state index is -0.500. The third kappa shape index (κ3) is 4.95. The van der Waals surface area contributed by atoms with Gasteiger partial charge in [-0.15, -0.1) is 0 Å². The third-order valence-electron chi connectivity index (χ3n) is 11.7. The summed E-state index contributed by atoms with van der Waals surface area (Å²) in [4.78, 5) is 0. The Bertz CT molecular complexity index is 3000. The van der Waals surface area contributed by atoms with Crippen LogP contribution in [-0.4, -0.2) is 0 Å². The van der Waals surface area contributed by atoms with Crippen molar-refractivity contribution in [3.05, 3.63) is 241 Å². The maximum Gasteiger partial charge on any atom is 0.143 e. The molecule has 0 radical (unpaired) electrons. The zero-order chi connectivity index (χ0) is 37.1. The summed E-state index contributed by atoms with van der Waals surface area (Å²) in [6.07, 6.45) is 0. The lowest BCUT2D eigenvalue weighted by Gasteiger charge is -2.34. The van der Waals surface area contributed by atoms with E-state index in [1.165, 1.54) is 44.5 Å². The van der Waals surface area contributed by atoms with Crippen LogP contribution in [-0.2, 0) is 5.41 Å². The molecule has 1 aliphatic rings. The largest absolute Gasteiger partial charge is 0.455 e. The van der Waals surface area contributed by atoms with E-state index in [1.807, 2.05) is 0 Å². The second kappa shape index (κ2) is 13.0. The van der Waals surface area contributed by atoms with Gasteiger partial charge in [0.25, 0.3) is 0 Å². The molecule has 11 rings (SSSR count). The van der Waals surface area contributed by atoms with E-state index in [0.717, 1.165) is 55.3 Å². The van der Waals surface area contributed by atoms with Crippen LogP contribution in [0, 0.1) is 0 Å². The standard InChI is InChI=1S/C55H36O/c1-5-18-37(19-6-1)41-33-47(39-22-9-3-10-23-39)53-49(35-41)50-36-42(38-20-7-2-8-21-38)34-48(54(50)56-53)40-24-17-27-44(32-40)55(43-25-11-4-12-26-43)51-30-15-13-28-45(51)46-29-14-16-31-52(46)55/h1-36H. The molecule has 0 spiro atoms. The van der Waals surface area contributed by atoms with E-state index in [1.54, 1.807) is 0 Å². The van der Waals surface area contributed by atoms with Crippen LogP contribution in [0.15, 0.2) is 223 Å². The fraction of sp³-hybridized carbons (Fsp3) is 0.0182. The summed E-state index contributed by atoms with van der Waals surface area (Å²) in [5.41, 5.74) is 18.0. The van der Waals surface area contributed by atoms with Crippen LogP contribution in [0.25, 0.3) is 77.6 Å². The summed E-state index contributed by atoms with van der Waals surface area (Å²) in [7, 11) is 0. The van der Waals surface area contributed by atoms with Gasteiger partial charge in [-0.25, -0.2) is 0 Å². The van der Waals surface area contributed by atoms with Gasteiger partial charge < -0.3 is 4.42 Å². The van der Waals surface area contributed by atoms with E-state index in [2.05, 4.69) is 218 Å². The molecule has 0 amide bonds. The first-order valence-electron chi connectivity index (χ1n) is 19.3. The lowest BCUT2D eigenvalue weighted by atomic mass is 9.67. The van der Waals surface area contributed by atoms with Crippen LogP contribution in [0.2, 0.25) is 0 Å². The smallest absolute Gasteiger partial charge is 0.143 e. The minimum Gasteiger partial charge on any atom is -0.455 e. The van der Waals surface area contributed by atoms with Crippen molar-refractivity contribution < 1.29 is 4.42 Å². The normalized spacial score (nSPS) is 12.8. The lowest BCUT2D eigenvalue weighted by Crippen LogP contribution is -2.28. The molecule has 0 N–H and O–H groups in total. The zero-order valence-corrected chi connectivity index (χ0v) is 30.7. The van der Waals surface area contributed by atoms with E-state index in [-0.39, 0.29) is 0 Å². The topological polar surface area (TPSA) is 13.1 Å². The van der Waals surface area contributed by atoms with Gasteiger partial charge in [-0.05, 0) is 97.1 Å². The van der Waals surface area contributed by atoms with Crippen molar-refractivity contribution in [1.82, 2.24) is 0 Å². The van der Waals surface area contributed by atoms with Gasteiger partial charge in [0.15, 0.2) is 0 Å². The van der Waals surface area contributed by atoms with Crippen LogP contribution < -0.4 is 0 Å². The van der Waals surface area contributed by atoms with Crippen LogP contribution in [0.1, 0.15) is 22.3 Å². The van der Waals surface area contributed by atoms with E-state index in [0.29, 0.717) is 0 Å². The van der Waals surface area contributed by atoms with Gasteiger partial charge in [0.05, 0.1) is 5.41 Å². The van der Waals surface area contributed by atoms with Gasteiger partial charge in [0.1, 0.15) is 11.2 Å². The predicted molar refractivity (Wildman–Crippen MR) is 233 cm³/mol. The van der Waals surface area contributed by atoms with E-state index >= 15 is 0 Å². The van der Waals surface area contributed by atoms with Crippen LogP contribution in [0.3, 0.4) is 0 Å². The van der Waals surface area contributed by atoms with Crippen molar-refractivity contribution in [2.75, 3.05) is 0 Å².